The van der Waals surface area contributed by atoms with E-state index in [1.54, 1.807) is 0 Å². The fourth-order valence-electron chi connectivity index (χ4n) is 2.21. The monoisotopic (exact) mass is 305 g/mol. The lowest BCUT2D eigenvalue weighted by Crippen LogP contribution is -2.21. The number of hydrogen-bond donors (Lipinski definition) is 1. The lowest BCUT2D eigenvalue weighted by Gasteiger charge is -2.15. The van der Waals surface area contributed by atoms with Gasteiger partial charge >= 0.3 is 6.01 Å². The summed E-state index contributed by atoms with van der Waals surface area (Å²) in [6.45, 7) is 2.25. The average molecular weight is 306 g/mol. The number of aromatic nitrogens is 3. The molecule has 1 aliphatic rings. The highest BCUT2D eigenvalue weighted by Gasteiger charge is 2.17. The molecule has 3 rings (SSSR count). The minimum absolute atomic E-state index is 0.179. The third-order valence-corrected chi connectivity index (χ3v) is 3.54. The number of anilines is 2. The van der Waals surface area contributed by atoms with E-state index in [1.165, 1.54) is 0 Å². The fraction of sp³-hybridized carbons (Fsp3) is 0.357. The first kappa shape index (κ1) is 13.9. The molecule has 0 saturated carbocycles. The van der Waals surface area contributed by atoms with Crippen molar-refractivity contribution in [3.8, 4) is 6.01 Å². The highest BCUT2D eigenvalue weighted by Crippen LogP contribution is 2.19. The summed E-state index contributed by atoms with van der Waals surface area (Å²) in [7, 11) is 0. The Hall–Kier alpha value is -2.08. The molecule has 110 valence electrons. The van der Waals surface area contributed by atoms with Gasteiger partial charge in [0, 0.05) is 18.1 Å². The first-order chi connectivity index (χ1) is 10.2. The fourth-order valence-corrected chi connectivity index (χ4v) is 2.34. The molecule has 1 aromatic carbocycles. The van der Waals surface area contributed by atoms with Crippen LogP contribution in [0.2, 0.25) is 5.02 Å². The molecule has 2 aromatic rings. The van der Waals surface area contributed by atoms with E-state index in [9.17, 15) is 0 Å². The van der Waals surface area contributed by atoms with Gasteiger partial charge < -0.3 is 15.4 Å². The maximum atomic E-state index is 5.85. The van der Waals surface area contributed by atoms with E-state index in [0.717, 1.165) is 31.5 Å². The predicted octanol–water partition coefficient (Wildman–Crippen LogP) is 2.29. The molecule has 0 radical (unpaired) electrons. The SMILES string of the molecule is Nc1nc(OCc2ccc(Cl)cc2)nc(N2CCCC2)n1. The van der Waals surface area contributed by atoms with Crippen molar-refractivity contribution in [1.29, 1.82) is 0 Å². The number of halogens is 1. The Morgan fingerprint density at radius 1 is 1.10 bits per heavy atom. The van der Waals surface area contributed by atoms with Crippen LogP contribution in [0, 0.1) is 0 Å². The topological polar surface area (TPSA) is 77.2 Å². The van der Waals surface area contributed by atoms with Crippen molar-refractivity contribution in [3.63, 3.8) is 0 Å². The van der Waals surface area contributed by atoms with Crippen LogP contribution >= 0.6 is 11.6 Å². The van der Waals surface area contributed by atoms with Gasteiger partial charge in [-0.3, -0.25) is 0 Å². The van der Waals surface area contributed by atoms with Gasteiger partial charge in [0.05, 0.1) is 0 Å². The Morgan fingerprint density at radius 2 is 1.81 bits per heavy atom. The first-order valence-corrected chi connectivity index (χ1v) is 7.22. The average Bonchev–Trinajstić information content (AvgIpc) is 3.00. The van der Waals surface area contributed by atoms with Gasteiger partial charge in [-0.05, 0) is 30.5 Å². The van der Waals surface area contributed by atoms with Gasteiger partial charge in [0.1, 0.15) is 6.61 Å². The maximum Gasteiger partial charge on any atom is 0.323 e. The molecular formula is C14H16ClN5O. The molecule has 1 aromatic heterocycles. The molecule has 0 spiro atoms. The second kappa shape index (κ2) is 6.13. The Kier molecular flexibility index (Phi) is 4.06. The zero-order valence-electron chi connectivity index (χ0n) is 11.5. The van der Waals surface area contributed by atoms with E-state index in [2.05, 4.69) is 19.9 Å². The quantitative estimate of drug-likeness (QED) is 0.934. The van der Waals surface area contributed by atoms with Crippen LogP contribution in [-0.2, 0) is 6.61 Å². The molecule has 0 bridgehead atoms. The molecule has 21 heavy (non-hydrogen) atoms. The van der Waals surface area contributed by atoms with Crippen molar-refractivity contribution in [1.82, 2.24) is 15.0 Å². The standard InChI is InChI=1S/C14H16ClN5O/c15-11-5-3-10(4-6-11)9-21-14-18-12(16)17-13(19-14)20-7-1-2-8-20/h3-6H,1-2,7-9H2,(H2,16,17,18,19). The second-order valence-electron chi connectivity index (χ2n) is 4.89. The molecule has 2 heterocycles. The number of ether oxygens (including phenoxy) is 1. The van der Waals surface area contributed by atoms with E-state index in [1.807, 2.05) is 24.3 Å². The summed E-state index contributed by atoms with van der Waals surface area (Å²) in [6.07, 6.45) is 2.29. The Morgan fingerprint density at radius 3 is 2.52 bits per heavy atom. The molecule has 0 aliphatic carbocycles. The molecule has 0 atom stereocenters. The Labute approximate surface area is 127 Å². The van der Waals surface area contributed by atoms with E-state index >= 15 is 0 Å². The van der Waals surface area contributed by atoms with Crippen LogP contribution in [-0.4, -0.2) is 28.0 Å². The van der Waals surface area contributed by atoms with Gasteiger partial charge in [-0.25, -0.2) is 0 Å². The number of nitrogens with zero attached hydrogens (tertiary/aromatic N) is 4. The zero-order valence-corrected chi connectivity index (χ0v) is 12.3. The van der Waals surface area contributed by atoms with Crippen molar-refractivity contribution in [3.05, 3.63) is 34.9 Å². The molecule has 1 aliphatic heterocycles. The highest BCUT2D eigenvalue weighted by molar-refractivity contribution is 6.30. The normalized spacial score (nSPS) is 14.4. The lowest BCUT2D eigenvalue weighted by atomic mass is 10.2. The Balaban J connectivity index is 1.71. The second-order valence-corrected chi connectivity index (χ2v) is 5.32. The summed E-state index contributed by atoms with van der Waals surface area (Å²) in [4.78, 5) is 14.6. The smallest absolute Gasteiger partial charge is 0.323 e. The zero-order chi connectivity index (χ0) is 14.7. The number of nitrogen functional groups attached to an aromatic ring is 1. The van der Waals surface area contributed by atoms with Crippen LogP contribution in [0.5, 0.6) is 6.01 Å². The van der Waals surface area contributed by atoms with Crippen molar-refractivity contribution in [2.24, 2.45) is 0 Å². The van der Waals surface area contributed by atoms with Crippen LogP contribution in [0.25, 0.3) is 0 Å². The van der Waals surface area contributed by atoms with Crippen molar-refractivity contribution >= 4 is 23.5 Å². The van der Waals surface area contributed by atoms with Crippen molar-refractivity contribution in [2.45, 2.75) is 19.4 Å². The molecule has 1 saturated heterocycles. The summed E-state index contributed by atoms with van der Waals surface area (Å²) in [5.74, 6) is 0.768. The van der Waals surface area contributed by atoms with Crippen molar-refractivity contribution in [2.75, 3.05) is 23.7 Å². The number of benzene rings is 1. The third kappa shape index (κ3) is 3.52. The summed E-state index contributed by atoms with van der Waals surface area (Å²) in [6, 6.07) is 7.68. The van der Waals surface area contributed by atoms with Gasteiger partial charge in [0.25, 0.3) is 0 Å². The largest absolute Gasteiger partial charge is 0.458 e. The summed E-state index contributed by atoms with van der Waals surface area (Å²) in [5, 5.41) is 0.694. The van der Waals surface area contributed by atoms with E-state index in [-0.39, 0.29) is 12.0 Å². The van der Waals surface area contributed by atoms with Gasteiger partial charge in [-0.2, -0.15) is 15.0 Å². The van der Waals surface area contributed by atoms with E-state index in [4.69, 9.17) is 22.1 Å². The Bertz CT molecular complexity index is 613. The van der Waals surface area contributed by atoms with Crippen LogP contribution in [0.4, 0.5) is 11.9 Å². The first-order valence-electron chi connectivity index (χ1n) is 6.84. The minimum Gasteiger partial charge on any atom is -0.458 e. The van der Waals surface area contributed by atoms with Crippen LogP contribution in [0.3, 0.4) is 0 Å². The molecule has 2 N–H and O–H groups in total. The van der Waals surface area contributed by atoms with Gasteiger partial charge in [-0.1, -0.05) is 23.7 Å². The van der Waals surface area contributed by atoms with Gasteiger partial charge in [0.15, 0.2) is 0 Å². The van der Waals surface area contributed by atoms with Crippen LogP contribution in [0.1, 0.15) is 18.4 Å². The van der Waals surface area contributed by atoms with E-state index in [0.29, 0.717) is 17.6 Å². The third-order valence-electron chi connectivity index (χ3n) is 3.29. The molecule has 7 heteroatoms. The highest BCUT2D eigenvalue weighted by atomic mass is 35.5. The molecule has 0 unspecified atom stereocenters. The predicted molar refractivity (Wildman–Crippen MR) is 81.5 cm³/mol. The number of rotatable bonds is 4. The minimum atomic E-state index is 0.179. The van der Waals surface area contributed by atoms with Crippen LogP contribution in [0.15, 0.2) is 24.3 Å². The molecular weight excluding hydrogens is 290 g/mol. The maximum absolute atomic E-state index is 5.85. The summed E-state index contributed by atoms with van der Waals surface area (Å²) < 4.78 is 5.60. The number of nitrogens with two attached hydrogens (primary N) is 1. The molecule has 0 amide bonds. The van der Waals surface area contributed by atoms with Crippen LogP contribution < -0.4 is 15.4 Å². The van der Waals surface area contributed by atoms with Crippen molar-refractivity contribution < 1.29 is 4.74 Å². The lowest BCUT2D eigenvalue weighted by molar-refractivity contribution is 0.280. The van der Waals surface area contributed by atoms with Gasteiger partial charge in [0.2, 0.25) is 11.9 Å². The molecule has 1 fully saturated rings. The summed E-state index contributed by atoms with van der Waals surface area (Å²) in [5.41, 5.74) is 6.72. The molecule has 6 nitrogen and oxygen atoms in total. The van der Waals surface area contributed by atoms with Gasteiger partial charge in [-0.15, -0.1) is 0 Å². The van der Waals surface area contributed by atoms with E-state index < -0.39 is 0 Å². The number of hydrogen-bond acceptors (Lipinski definition) is 6. The summed E-state index contributed by atoms with van der Waals surface area (Å²) >= 11 is 5.85.